The van der Waals surface area contributed by atoms with E-state index in [2.05, 4.69) is 16.0 Å². The van der Waals surface area contributed by atoms with Gasteiger partial charge in [0.15, 0.2) is 0 Å². The van der Waals surface area contributed by atoms with E-state index in [4.69, 9.17) is 11.6 Å². The molecule has 0 aliphatic rings. The molecule has 0 aliphatic carbocycles. The summed E-state index contributed by atoms with van der Waals surface area (Å²) in [7, 11) is 0. The maximum atomic E-state index is 12.0. The Morgan fingerprint density at radius 3 is 2.24 bits per heavy atom. The van der Waals surface area contributed by atoms with Gasteiger partial charge in [-0.1, -0.05) is 48.9 Å². The summed E-state index contributed by atoms with van der Waals surface area (Å²) < 4.78 is 0. The van der Waals surface area contributed by atoms with Gasteiger partial charge in [-0.05, 0) is 36.2 Å². The third-order valence-corrected chi connectivity index (χ3v) is 3.97. The Bertz CT molecular complexity index is 690. The van der Waals surface area contributed by atoms with Crippen molar-refractivity contribution < 1.29 is 9.59 Å². The van der Waals surface area contributed by atoms with Crippen LogP contribution in [-0.4, -0.2) is 25.0 Å². The Morgan fingerprint density at radius 1 is 0.960 bits per heavy atom. The Hall–Kier alpha value is -2.53. The Balaban J connectivity index is 1.72. The zero-order valence-corrected chi connectivity index (χ0v) is 14.8. The summed E-state index contributed by atoms with van der Waals surface area (Å²) in [6.45, 7) is 2.71. The van der Waals surface area contributed by atoms with Crippen molar-refractivity contribution >= 4 is 23.5 Å². The highest BCUT2D eigenvalue weighted by atomic mass is 35.5. The predicted molar refractivity (Wildman–Crippen MR) is 99.8 cm³/mol. The molecule has 25 heavy (non-hydrogen) atoms. The number of carbonyl (C=O) groups is 2. The van der Waals surface area contributed by atoms with Crippen LogP contribution in [0.15, 0.2) is 54.6 Å². The van der Waals surface area contributed by atoms with E-state index in [0.717, 1.165) is 12.0 Å². The van der Waals surface area contributed by atoms with E-state index in [-0.39, 0.29) is 18.0 Å². The number of benzene rings is 2. The third-order valence-electron chi connectivity index (χ3n) is 3.72. The number of hydrogen-bond acceptors (Lipinski definition) is 2. The van der Waals surface area contributed by atoms with Crippen LogP contribution in [0, 0.1) is 0 Å². The molecule has 0 bridgehead atoms. The van der Waals surface area contributed by atoms with Gasteiger partial charge in [0.2, 0.25) is 0 Å². The molecule has 3 N–H and O–H groups in total. The smallest absolute Gasteiger partial charge is 0.315 e. The molecule has 0 aromatic heterocycles. The topological polar surface area (TPSA) is 70.2 Å². The van der Waals surface area contributed by atoms with Gasteiger partial charge in [-0.2, -0.15) is 0 Å². The molecular weight excluding hydrogens is 338 g/mol. The molecule has 1 unspecified atom stereocenters. The van der Waals surface area contributed by atoms with Gasteiger partial charge in [0.1, 0.15) is 0 Å². The molecule has 132 valence electrons. The molecule has 2 rings (SSSR count). The molecule has 0 saturated heterocycles. The molecule has 0 fully saturated rings. The molecule has 5 nitrogen and oxygen atoms in total. The summed E-state index contributed by atoms with van der Waals surface area (Å²) in [6.07, 6.45) is 0.764. The van der Waals surface area contributed by atoms with E-state index in [1.807, 2.05) is 37.3 Å². The van der Waals surface area contributed by atoms with Crippen molar-refractivity contribution in [3.63, 3.8) is 0 Å². The Morgan fingerprint density at radius 2 is 1.60 bits per heavy atom. The zero-order valence-electron chi connectivity index (χ0n) is 14.1. The molecule has 0 spiro atoms. The fourth-order valence-corrected chi connectivity index (χ4v) is 2.50. The van der Waals surface area contributed by atoms with E-state index in [0.29, 0.717) is 23.7 Å². The minimum Gasteiger partial charge on any atom is -0.350 e. The van der Waals surface area contributed by atoms with Gasteiger partial charge in [-0.3, -0.25) is 4.79 Å². The summed E-state index contributed by atoms with van der Waals surface area (Å²) in [6, 6.07) is 16.0. The normalized spacial score (nSPS) is 11.4. The maximum absolute atomic E-state index is 12.0. The van der Waals surface area contributed by atoms with E-state index in [9.17, 15) is 9.59 Å². The van der Waals surface area contributed by atoms with Gasteiger partial charge < -0.3 is 16.0 Å². The maximum Gasteiger partial charge on any atom is 0.315 e. The fraction of sp³-hybridized carbons (Fsp3) is 0.263. The van der Waals surface area contributed by atoms with Gasteiger partial charge in [-0.15, -0.1) is 0 Å². The van der Waals surface area contributed by atoms with Crippen LogP contribution < -0.4 is 16.0 Å². The van der Waals surface area contributed by atoms with Crippen molar-refractivity contribution in [3.05, 3.63) is 70.7 Å². The lowest BCUT2D eigenvalue weighted by Crippen LogP contribution is -2.41. The number of halogens is 1. The summed E-state index contributed by atoms with van der Waals surface area (Å²) >= 11 is 5.89. The zero-order chi connectivity index (χ0) is 18.1. The number of carbonyl (C=O) groups excluding carboxylic acids is 2. The highest BCUT2D eigenvalue weighted by Crippen LogP contribution is 2.18. The van der Waals surface area contributed by atoms with E-state index < -0.39 is 0 Å². The second-order valence-corrected chi connectivity index (χ2v) is 5.97. The predicted octanol–water partition coefficient (Wildman–Crippen LogP) is 3.52. The number of rotatable bonds is 7. The van der Waals surface area contributed by atoms with Gasteiger partial charge in [-0.25, -0.2) is 4.79 Å². The van der Waals surface area contributed by atoms with Crippen LogP contribution in [-0.2, 0) is 0 Å². The van der Waals surface area contributed by atoms with Crippen LogP contribution in [0.5, 0.6) is 0 Å². The SMILES string of the molecule is CCC(NC(=O)NCCNC(=O)c1ccccc1)c1ccc(Cl)cc1. The largest absolute Gasteiger partial charge is 0.350 e. The summed E-state index contributed by atoms with van der Waals surface area (Å²) in [4.78, 5) is 23.9. The van der Waals surface area contributed by atoms with Crippen molar-refractivity contribution in [1.82, 2.24) is 16.0 Å². The fourth-order valence-electron chi connectivity index (χ4n) is 2.37. The van der Waals surface area contributed by atoms with Crippen LogP contribution in [0.25, 0.3) is 0 Å². The minimum absolute atomic E-state index is 0.0869. The summed E-state index contributed by atoms with van der Waals surface area (Å²) in [5.74, 6) is -0.157. The number of nitrogens with one attached hydrogen (secondary N) is 3. The van der Waals surface area contributed by atoms with E-state index in [1.165, 1.54) is 0 Å². The summed E-state index contributed by atoms with van der Waals surface area (Å²) in [5.41, 5.74) is 1.60. The molecule has 2 aromatic carbocycles. The average molecular weight is 360 g/mol. The molecule has 1 atom stereocenters. The van der Waals surface area contributed by atoms with Crippen LogP contribution in [0.3, 0.4) is 0 Å². The molecule has 2 aromatic rings. The highest BCUT2D eigenvalue weighted by molar-refractivity contribution is 6.30. The van der Waals surface area contributed by atoms with Gasteiger partial charge in [0.25, 0.3) is 5.91 Å². The van der Waals surface area contributed by atoms with E-state index >= 15 is 0 Å². The first-order valence-corrected chi connectivity index (χ1v) is 8.61. The van der Waals surface area contributed by atoms with Gasteiger partial charge in [0.05, 0.1) is 6.04 Å². The standard InChI is InChI=1S/C19H22ClN3O2/c1-2-17(14-8-10-16(20)11-9-14)23-19(25)22-13-12-21-18(24)15-6-4-3-5-7-15/h3-11,17H,2,12-13H2,1H3,(H,21,24)(H2,22,23,25). The van der Waals surface area contributed by atoms with E-state index in [1.54, 1.807) is 24.3 Å². The highest BCUT2D eigenvalue weighted by Gasteiger charge is 2.12. The van der Waals surface area contributed by atoms with Crippen LogP contribution >= 0.6 is 11.6 Å². The van der Waals surface area contributed by atoms with Gasteiger partial charge >= 0.3 is 6.03 Å². The van der Waals surface area contributed by atoms with Crippen LogP contribution in [0.4, 0.5) is 4.79 Å². The first-order valence-electron chi connectivity index (χ1n) is 8.23. The second kappa shape index (κ2) is 9.69. The summed E-state index contributed by atoms with van der Waals surface area (Å²) in [5, 5.41) is 9.09. The lowest BCUT2D eigenvalue weighted by atomic mass is 10.1. The molecule has 0 radical (unpaired) electrons. The van der Waals surface area contributed by atoms with Crippen LogP contribution in [0.2, 0.25) is 5.02 Å². The Kier molecular flexibility index (Phi) is 7.29. The molecule has 0 saturated carbocycles. The number of amides is 3. The second-order valence-electron chi connectivity index (χ2n) is 5.53. The monoisotopic (exact) mass is 359 g/mol. The average Bonchev–Trinajstić information content (AvgIpc) is 2.64. The third kappa shape index (κ3) is 6.12. The first-order chi connectivity index (χ1) is 12.1. The van der Waals surface area contributed by atoms with Crippen molar-refractivity contribution in [2.75, 3.05) is 13.1 Å². The van der Waals surface area contributed by atoms with Gasteiger partial charge in [0, 0.05) is 23.7 Å². The number of hydrogen-bond donors (Lipinski definition) is 3. The van der Waals surface area contributed by atoms with Crippen LogP contribution in [0.1, 0.15) is 35.3 Å². The molecule has 0 heterocycles. The molecule has 6 heteroatoms. The van der Waals surface area contributed by atoms with Crippen molar-refractivity contribution in [3.8, 4) is 0 Å². The van der Waals surface area contributed by atoms with Crippen molar-refractivity contribution in [2.24, 2.45) is 0 Å². The molecular formula is C19H22ClN3O2. The minimum atomic E-state index is -0.268. The van der Waals surface area contributed by atoms with Crippen molar-refractivity contribution in [2.45, 2.75) is 19.4 Å². The first kappa shape index (κ1) is 18.8. The Labute approximate surface area is 152 Å². The number of urea groups is 1. The molecule has 0 aliphatic heterocycles. The van der Waals surface area contributed by atoms with Crippen molar-refractivity contribution in [1.29, 1.82) is 0 Å². The lowest BCUT2D eigenvalue weighted by Gasteiger charge is -2.18. The lowest BCUT2D eigenvalue weighted by molar-refractivity contribution is 0.0954. The molecule has 3 amide bonds. The quantitative estimate of drug-likeness (QED) is 0.662.